The molecule has 0 radical (unpaired) electrons. The van der Waals surface area contributed by atoms with Gasteiger partial charge in [-0.1, -0.05) is 31.5 Å². The van der Waals surface area contributed by atoms with Crippen molar-refractivity contribution in [1.29, 1.82) is 0 Å². The van der Waals surface area contributed by atoms with Crippen molar-refractivity contribution in [3.8, 4) is 0 Å². The number of aryl methyl sites for hydroxylation is 1. The first-order chi connectivity index (χ1) is 18.1. The minimum Gasteiger partial charge on any atom is -0.368 e. The second-order valence-corrected chi connectivity index (χ2v) is 9.82. The van der Waals surface area contributed by atoms with E-state index in [2.05, 4.69) is 33.7 Å². The molecule has 11 heteroatoms. The number of nitrogens with zero attached hydrogens (tertiary/aromatic N) is 5. The lowest BCUT2D eigenvalue weighted by atomic mass is 10.2. The van der Waals surface area contributed by atoms with E-state index in [1.807, 2.05) is 19.2 Å². The van der Waals surface area contributed by atoms with Crippen molar-refractivity contribution in [1.82, 2.24) is 19.3 Å². The third kappa shape index (κ3) is 5.70. The lowest BCUT2D eigenvalue weighted by molar-refractivity contribution is 0.102. The summed E-state index contributed by atoms with van der Waals surface area (Å²) in [5, 5.41) is 6.67. The zero-order chi connectivity index (χ0) is 27.6. The number of allylic oxidation sites excluding steroid dienone is 5. The van der Waals surface area contributed by atoms with Crippen LogP contribution >= 0.6 is 11.6 Å². The van der Waals surface area contributed by atoms with Crippen molar-refractivity contribution in [2.75, 3.05) is 23.3 Å². The predicted octanol–water partition coefficient (Wildman–Crippen LogP) is 5.96. The van der Waals surface area contributed by atoms with E-state index >= 15 is 0 Å². The van der Waals surface area contributed by atoms with Crippen LogP contribution in [0.2, 0.25) is 5.02 Å². The number of carbonyl (C=O) groups excluding carboxylic acids is 1. The van der Waals surface area contributed by atoms with Crippen LogP contribution in [-0.2, 0) is 7.05 Å². The first kappa shape index (κ1) is 27.3. The third-order valence-corrected chi connectivity index (χ3v) is 6.49. The van der Waals surface area contributed by atoms with E-state index in [1.165, 1.54) is 6.92 Å². The van der Waals surface area contributed by atoms with Gasteiger partial charge >= 0.3 is 0 Å². The van der Waals surface area contributed by atoms with Gasteiger partial charge in [-0.15, -0.1) is 0 Å². The van der Waals surface area contributed by atoms with Gasteiger partial charge in [0.2, 0.25) is 0 Å². The van der Waals surface area contributed by atoms with Gasteiger partial charge in [0, 0.05) is 32.1 Å². The van der Waals surface area contributed by atoms with Crippen LogP contribution in [0.15, 0.2) is 52.9 Å². The van der Waals surface area contributed by atoms with Gasteiger partial charge in [-0.2, -0.15) is 5.10 Å². The molecule has 0 aliphatic carbocycles. The number of anilines is 2. The molecule has 200 valence electrons. The lowest BCUT2D eigenvalue weighted by Gasteiger charge is -2.22. The number of fused-ring (bicyclic) bond motifs is 1. The summed E-state index contributed by atoms with van der Waals surface area (Å²) in [6, 6.07) is 4.70. The fourth-order valence-corrected chi connectivity index (χ4v) is 4.67. The maximum absolute atomic E-state index is 14.2. The minimum absolute atomic E-state index is 0.173. The number of aromatic nitrogens is 4. The molecule has 0 saturated carbocycles. The molecule has 4 rings (SSSR count). The molecule has 1 fully saturated rings. The summed E-state index contributed by atoms with van der Waals surface area (Å²) in [6.45, 7) is 7.02. The standard InChI is InChI=1S/C27H29ClF2N6O2/c1-16(2)26-32-24-21(34(26)4)11-10-20(25(24)35-12-5-6-13-35)31-27(38)23-19(28)14-22(37)36(33-23)15-18(30)9-7-8-17(3)29/h7-11,14-16H,5-6,12-13H2,1-4H3,(H,31,38)/b9-7-,17-8+,18-15-. The number of amides is 1. The van der Waals surface area contributed by atoms with Crippen LogP contribution in [0, 0.1) is 0 Å². The van der Waals surface area contributed by atoms with Crippen LogP contribution in [0.4, 0.5) is 20.2 Å². The maximum atomic E-state index is 14.2. The maximum Gasteiger partial charge on any atom is 0.277 e. The highest BCUT2D eigenvalue weighted by Gasteiger charge is 2.25. The normalized spacial score (nSPS) is 14.9. The van der Waals surface area contributed by atoms with Crippen LogP contribution < -0.4 is 15.8 Å². The molecule has 0 spiro atoms. The largest absolute Gasteiger partial charge is 0.368 e. The van der Waals surface area contributed by atoms with Crippen LogP contribution in [0.1, 0.15) is 55.8 Å². The van der Waals surface area contributed by atoms with Crippen molar-refractivity contribution in [2.45, 2.75) is 39.5 Å². The van der Waals surface area contributed by atoms with Crippen LogP contribution in [-0.4, -0.2) is 38.3 Å². The first-order valence-electron chi connectivity index (χ1n) is 12.3. The minimum atomic E-state index is -0.872. The number of hydrogen-bond acceptors (Lipinski definition) is 5. The Hall–Kier alpha value is -3.79. The summed E-state index contributed by atoms with van der Waals surface area (Å²) < 4.78 is 29.8. The Labute approximate surface area is 223 Å². The van der Waals surface area contributed by atoms with E-state index in [4.69, 9.17) is 16.6 Å². The third-order valence-electron chi connectivity index (χ3n) is 6.20. The van der Waals surface area contributed by atoms with E-state index in [-0.39, 0.29) is 16.6 Å². The Balaban J connectivity index is 1.73. The van der Waals surface area contributed by atoms with Crippen molar-refractivity contribution >= 4 is 46.1 Å². The van der Waals surface area contributed by atoms with Crippen molar-refractivity contribution in [2.24, 2.45) is 7.05 Å². The van der Waals surface area contributed by atoms with Gasteiger partial charge < -0.3 is 14.8 Å². The smallest absolute Gasteiger partial charge is 0.277 e. The summed E-state index contributed by atoms with van der Waals surface area (Å²) >= 11 is 6.20. The fourth-order valence-electron chi connectivity index (χ4n) is 4.45. The molecule has 1 amide bonds. The van der Waals surface area contributed by atoms with Crippen LogP contribution in [0.5, 0.6) is 0 Å². The number of carbonyl (C=O) groups is 1. The topological polar surface area (TPSA) is 85.1 Å². The van der Waals surface area contributed by atoms with Crippen molar-refractivity contribution in [3.63, 3.8) is 0 Å². The Bertz CT molecular complexity index is 1530. The van der Waals surface area contributed by atoms with Crippen LogP contribution in [0.3, 0.4) is 0 Å². The Morgan fingerprint density at radius 3 is 2.58 bits per heavy atom. The number of hydrogen-bond donors (Lipinski definition) is 1. The Morgan fingerprint density at radius 1 is 1.21 bits per heavy atom. The molecule has 1 aliphatic heterocycles. The number of benzene rings is 1. The SMILES string of the molecule is C\C(F)=C/C=C\C(F)=C\n1nc(C(=O)Nc2ccc3c(nc(C(C)C)n3C)c2N2CCCC2)c(Cl)cc1=O. The van der Waals surface area contributed by atoms with E-state index in [0.717, 1.165) is 79.0 Å². The monoisotopic (exact) mass is 542 g/mol. The summed E-state index contributed by atoms with van der Waals surface area (Å²) in [7, 11) is 1.97. The highest BCUT2D eigenvalue weighted by atomic mass is 35.5. The molecular weight excluding hydrogens is 514 g/mol. The summed E-state index contributed by atoms with van der Waals surface area (Å²) in [6.07, 6.45) is 6.01. The van der Waals surface area contributed by atoms with Crippen LogP contribution in [0.25, 0.3) is 17.2 Å². The summed E-state index contributed by atoms with van der Waals surface area (Å²) in [5.41, 5.74) is 2.09. The van der Waals surface area contributed by atoms with E-state index in [9.17, 15) is 18.4 Å². The molecule has 0 unspecified atom stereocenters. The molecule has 8 nitrogen and oxygen atoms in total. The molecule has 0 bridgehead atoms. The first-order valence-corrected chi connectivity index (χ1v) is 12.7. The zero-order valence-corrected chi connectivity index (χ0v) is 22.4. The molecule has 1 aliphatic rings. The fraction of sp³-hybridized carbons (Fsp3) is 0.333. The predicted molar refractivity (Wildman–Crippen MR) is 147 cm³/mol. The van der Waals surface area contributed by atoms with Gasteiger partial charge in [-0.25, -0.2) is 18.4 Å². The molecule has 3 aromatic rings. The van der Waals surface area contributed by atoms with Gasteiger partial charge in [0.05, 0.1) is 33.9 Å². The van der Waals surface area contributed by atoms with Crippen molar-refractivity contribution in [3.05, 3.63) is 75.0 Å². The van der Waals surface area contributed by atoms with Crippen molar-refractivity contribution < 1.29 is 13.6 Å². The summed E-state index contributed by atoms with van der Waals surface area (Å²) in [4.78, 5) is 32.7. The second-order valence-electron chi connectivity index (χ2n) is 9.41. The number of imidazole rings is 1. The molecule has 3 heterocycles. The van der Waals surface area contributed by atoms with Gasteiger partial charge in [0.25, 0.3) is 11.5 Å². The average Bonchev–Trinajstić information content (AvgIpc) is 3.49. The highest BCUT2D eigenvalue weighted by molar-refractivity contribution is 6.34. The molecule has 1 N–H and O–H groups in total. The molecular formula is C27H29ClF2N6O2. The van der Waals surface area contributed by atoms with Gasteiger partial charge in [0.1, 0.15) is 17.2 Å². The zero-order valence-electron chi connectivity index (χ0n) is 21.6. The molecule has 1 aromatic carbocycles. The number of rotatable bonds is 7. The van der Waals surface area contributed by atoms with E-state index < -0.39 is 23.1 Å². The quantitative estimate of drug-likeness (QED) is 0.373. The Morgan fingerprint density at radius 2 is 1.92 bits per heavy atom. The van der Waals surface area contributed by atoms with Gasteiger partial charge in [0.15, 0.2) is 5.69 Å². The second kappa shape index (κ2) is 11.3. The van der Waals surface area contributed by atoms with E-state index in [1.54, 1.807) is 0 Å². The summed E-state index contributed by atoms with van der Waals surface area (Å²) in [5.74, 6) is -0.901. The molecule has 2 aromatic heterocycles. The van der Waals surface area contributed by atoms with E-state index in [0.29, 0.717) is 10.4 Å². The Kier molecular flexibility index (Phi) is 8.11. The number of halogens is 3. The number of nitrogens with one attached hydrogen (secondary N) is 1. The lowest BCUT2D eigenvalue weighted by Crippen LogP contribution is -2.25. The molecule has 1 saturated heterocycles. The van der Waals surface area contributed by atoms with Gasteiger partial charge in [-0.05, 0) is 44.1 Å². The molecule has 0 atom stereocenters. The highest BCUT2D eigenvalue weighted by Crippen LogP contribution is 2.37. The average molecular weight is 543 g/mol. The molecule has 38 heavy (non-hydrogen) atoms. The van der Waals surface area contributed by atoms with Gasteiger partial charge in [-0.3, -0.25) is 9.59 Å².